The quantitative estimate of drug-likeness (QED) is 0.740. The molecule has 2 fully saturated rings. The number of likely N-dealkylation sites (tertiary alicyclic amines) is 1. The van der Waals surface area contributed by atoms with Crippen molar-refractivity contribution in [3.05, 3.63) is 0 Å². The fraction of sp³-hybridized carbons (Fsp3) is 0.889. The van der Waals surface area contributed by atoms with Gasteiger partial charge in [0.2, 0.25) is 0 Å². The van der Waals surface area contributed by atoms with Crippen molar-refractivity contribution in [2.24, 2.45) is 5.92 Å². The molecule has 76 valence electrons. The summed E-state index contributed by atoms with van der Waals surface area (Å²) in [6.07, 6.45) is 3.81. The number of fused-ring (bicyclic) bond motifs is 1. The Morgan fingerprint density at radius 3 is 2.77 bits per heavy atom. The molecule has 3 unspecified atom stereocenters. The lowest BCUT2D eigenvalue weighted by Gasteiger charge is -2.46. The van der Waals surface area contributed by atoms with Crippen molar-refractivity contribution >= 4 is 18.4 Å². The number of aliphatic carboxylic acids is 1. The van der Waals surface area contributed by atoms with Crippen LogP contribution in [0.1, 0.15) is 26.2 Å². The molecular formula is C9H16ClNO2. The molecule has 0 radical (unpaired) electrons. The number of nitrogens with zero attached hydrogens (tertiary/aromatic N) is 1. The monoisotopic (exact) mass is 205 g/mol. The van der Waals surface area contributed by atoms with Crippen molar-refractivity contribution in [3.63, 3.8) is 0 Å². The first-order chi connectivity index (χ1) is 5.70. The second-order valence-electron chi connectivity index (χ2n) is 3.97. The van der Waals surface area contributed by atoms with Crippen molar-refractivity contribution in [1.29, 1.82) is 0 Å². The lowest BCUT2D eigenvalue weighted by molar-refractivity contribution is -0.147. The van der Waals surface area contributed by atoms with E-state index in [1.807, 2.05) is 0 Å². The van der Waals surface area contributed by atoms with Gasteiger partial charge < -0.3 is 5.11 Å². The molecule has 0 aromatic heterocycles. The first-order valence-electron chi connectivity index (χ1n) is 4.68. The van der Waals surface area contributed by atoms with Crippen molar-refractivity contribution in [2.45, 2.75) is 38.3 Å². The Kier molecular flexibility index (Phi) is 3.19. The number of hydrogen-bond acceptors (Lipinski definition) is 2. The standard InChI is InChI=1S/C9H15NO2.ClH/c1-6(9(11)12)10-5-7-3-2-4-8(7)10;/h6-8H,2-5H2,1H3,(H,11,12);1H. The zero-order chi connectivity index (χ0) is 8.72. The predicted octanol–water partition coefficient (Wildman–Crippen LogP) is 1.37. The molecule has 3 nitrogen and oxygen atoms in total. The molecule has 1 heterocycles. The molecule has 2 rings (SSSR count). The molecule has 0 bridgehead atoms. The largest absolute Gasteiger partial charge is 0.480 e. The summed E-state index contributed by atoms with van der Waals surface area (Å²) < 4.78 is 0. The van der Waals surface area contributed by atoms with Crippen molar-refractivity contribution in [3.8, 4) is 0 Å². The zero-order valence-corrected chi connectivity index (χ0v) is 8.59. The number of carbonyl (C=O) groups is 1. The van der Waals surface area contributed by atoms with E-state index < -0.39 is 5.97 Å². The minimum atomic E-state index is -0.680. The Balaban J connectivity index is 0.000000845. The van der Waals surface area contributed by atoms with E-state index in [2.05, 4.69) is 4.90 Å². The third-order valence-corrected chi connectivity index (χ3v) is 3.35. The van der Waals surface area contributed by atoms with E-state index in [4.69, 9.17) is 5.11 Å². The fourth-order valence-electron chi connectivity index (χ4n) is 2.52. The van der Waals surface area contributed by atoms with Crippen LogP contribution in [0.5, 0.6) is 0 Å². The Hall–Kier alpha value is -0.280. The van der Waals surface area contributed by atoms with Gasteiger partial charge in [0.25, 0.3) is 0 Å². The Labute approximate surface area is 84.5 Å². The minimum absolute atomic E-state index is 0. The van der Waals surface area contributed by atoms with Crippen LogP contribution in [0.3, 0.4) is 0 Å². The fourth-order valence-corrected chi connectivity index (χ4v) is 2.52. The van der Waals surface area contributed by atoms with Gasteiger partial charge in [-0.05, 0) is 25.7 Å². The molecule has 0 aromatic rings. The second kappa shape index (κ2) is 3.84. The van der Waals surface area contributed by atoms with Gasteiger partial charge in [0.1, 0.15) is 6.04 Å². The van der Waals surface area contributed by atoms with Gasteiger partial charge in [0, 0.05) is 12.6 Å². The number of carboxylic acids is 1. The molecule has 1 aliphatic heterocycles. The summed E-state index contributed by atoms with van der Waals surface area (Å²) in [5.74, 6) is 0.132. The highest BCUT2D eigenvalue weighted by atomic mass is 35.5. The van der Waals surface area contributed by atoms with Crippen molar-refractivity contribution < 1.29 is 9.90 Å². The smallest absolute Gasteiger partial charge is 0.320 e. The topological polar surface area (TPSA) is 40.5 Å². The van der Waals surface area contributed by atoms with Crippen LogP contribution in [0.15, 0.2) is 0 Å². The summed E-state index contributed by atoms with van der Waals surface area (Å²) in [5.41, 5.74) is 0. The van der Waals surface area contributed by atoms with Gasteiger partial charge in [0.05, 0.1) is 0 Å². The van der Waals surface area contributed by atoms with E-state index in [0.717, 1.165) is 12.5 Å². The molecule has 13 heavy (non-hydrogen) atoms. The number of halogens is 1. The average Bonchev–Trinajstić information content (AvgIpc) is 2.32. The minimum Gasteiger partial charge on any atom is -0.480 e. The maximum absolute atomic E-state index is 10.7. The van der Waals surface area contributed by atoms with Crippen LogP contribution in [0.4, 0.5) is 0 Å². The third-order valence-electron chi connectivity index (χ3n) is 3.35. The molecule has 0 aromatic carbocycles. The van der Waals surface area contributed by atoms with Gasteiger partial charge in [-0.3, -0.25) is 9.69 Å². The van der Waals surface area contributed by atoms with E-state index >= 15 is 0 Å². The summed E-state index contributed by atoms with van der Waals surface area (Å²) in [6, 6.07) is 0.320. The number of hydrogen-bond donors (Lipinski definition) is 1. The summed E-state index contributed by atoms with van der Waals surface area (Å²) in [4.78, 5) is 12.8. The van der Waals surface area contributed by atoms with E-state index in [9.17, 15) is 4.79 Å². The zero-order valence-electron chi connectivity index (χ0n) is 7.77. The molecule has 1 saturated carbocycles. The van der Waals surface area contributed by atoms with Gasteiger partial charge in [-0.15, -0.1) is 12.4 Å². The molecular weight excluding hydrogens is 190 g/mol. The Bertz CT molecular complexity index is 210. The van der Waals surface area contributed by atoms with Crippen molar-refractivity contribution in [1.82, 2.24) is 4.90 Å². The van der Waals surface area contributed by atoms with E-state index in [0.29, 0.717) is 6.04 Å². The lowest BCUT2D eigenvalue weighted by atomic mass is 9.90. The van der Waals surface area contributed by atoms with E-state index in [-0.39, 0.29) is 18.4 Å². The summed E-state index contributed by atoms with van der Waals surface area (Å²) in [6.45, 7) is 2.80. The molecule has 1 saturated heterocycles. The summed E-state index contributed by atoms with van der Waals surface area (Å²) in [7, 11) is 0. The number of rotatable bonds is 2. The lowest BCUT2D eigenvalue weighted by Crippen LogP contribution is -2.58. The maximum atomic E-state index is 10.7. The Morgan fingerprint density at radius 2 is 2.23 bits per heavy atom. The van der Waals surface area contributed by atoms with E-state index in [1.54, 1.807) is 6.92 Å². The third kappa shape index (κ3) is 1.67. The van der Waals surface area contributed by atoms with Gasteiger partial charge >= 0.3 is 5.97 Å². The van der Waals surface area contributed by atoms with Crippen LogP contribution in [0.25, 0.3) is 0 Å². The molecule has 1 N–H and O–H groups in total. The molecule has 4 heteroatoms. The maximum Gasteiger partial charge on any atom is 0.320 e. The second-order valence-corrected chi connectivity index (χ2v) is 3.97. The highest BCUT2D eigenvalue weighted by molar-refractivity contribution is 5.85. The first-order valence-corrected chi connectivity index (χ1v) is 4.68. The van der Waals surface area contributed by atoms with Gasteiger partial charge in [0.15, 0.2) is 0 Å². The highest BCUT2D eigenvalue weighted by Gasteiger charge is 2.45. The average molecular weight is 206 g/mol. The number of carboxylic acid groups (broad SMARTS) is 1. The first kappa shape index (κ1) is 10.8. The van der Waals surface area contributed by atoms with Gasteiger partial charge in [-0.1, -0.05) is 6.42 Å². The molecule has 3 atom stereocenters. The van der Waals surface area contributed by atoms with Crippen LogP contribution in [0, 0.1) is 5.92 Å². The SMILES string of the molecule is CC(C(=O)O)N1CC2CCCC21.Cl. The summed E-state index contributed by atoms with van der Waals surface area (Å²) >= 11 is 0. The van der Waals surface area contributed by atoms with E-state index in [1.165, 1.54) is 19.3 Å². The Morgan fingerprint density at radius 1 is 1.54 bits per heavy atom. The molecule has 0 amide bonds. The van der Waals surface area contributed by atoms with Crippen LogP contribution >= 0.6 is 12.4 Å². The van der Waals surface area contributed by atoms with Crippen LogP contribution < -0.4 is 0 Å². The normalized spacial score (nSPS) is 34.2. The highest BCUT2D eigenvalue weighted by Crippen LogP contribution is 2.39. The predicted molar refractivity (Wildman–Crippen MR) is 52.2 cm³/mol. The van der Waals surface area contributed by atoms with Gasteiger partial charge in [-0.2, -0.15) is 0 Å². The molecule has 2 aliphatic rings. The van der Waals surface area contributed by atoms with Crippen molar-refractivity contribution in [2.75, 3.05) is 6.54 Å². The molecule has 1 aliphatic carbocycles. The molecule has 0 spiro atoms. The van der Waals surface area contributed by atoms with Crippen LogP contribution in [-0.2, 0) is 4.79 Å². The van der Waals surface area contributed by atoms with Crippen LogP contribution in [-0.4, -0.2) is 34.6 Å². The van der Waals surface area contributed by atoms with Crippen LogP contribution in [0.2, 0.25) is 0 Å². The van der Waals surface area contributed by atoms with Gasteiger partial charge in [-0.25, -0.2) is 0 Å². The summed E-state index contributed by atoms with van der Waals surface area (Å²) in [5, 5.41) is 8.80.